The van der Waals surface area contributed by atoms with Crippen LogP contribution in [0.15, 0.2) is 42.9 Å². The quantitative estimate of drug-likeness (QED) is 0.581. The molecule has 5 rings (SSSR count). The normalized spacial score (nSPS) is 17.3. The molecule has 0 amide bonds. The van der Waals surface area contributed by atoms with Crippen molar-refractivity contribution in [2.75, 3.05) is 18.9 Å². The van der Waals surface area contributed by atoms with E-state index in [0.717, 1.165) is 37.2 Å². The molecule has 1 aliphatic heterocycles. The summed E-state index contributed by atoms with van der Waals surface area (Å²) in [6.45, 7) is 1.46. The van der Waals surface area contributed by atoms with Gasteiger partial charge in [0.25, 0.3) is 0 Å². The first-order valence-corrected chi connectivity index (χ1v) is 11.0. The van der Waals surface area contributed by atoms with Crippen LogP contribution in [0.25, 0.3) is 11.1 Å². The van der Waals surface area contributed by atoms with Crippen LogP contribution < -0.4 is 10.5 Å². The van der Waals surface area contributed by atoms with Gasteiger partial charge in [-0.15, -0.1) is 0 Å². The number of aliphatic hydroxyl groups is 1. The molecule has 1 aliphatic carbocycles. The van der Waals surface area contributed by atoms with Crippen molar-refractivity contribution < 1.29 is 19.0 Å². The van der Waals surface area contributed by atoms with Crippen molar-refractivity contribution in [3.63, 3.8) is 0 Å². The zero-order valence-corrected chi connectivity index (χ0v) is 18.1. The first kappa shape index (κ1) is 21.4. The molecule has 1 aromatic carbocycles. The summed E-state index contributed by atoms with van der Waals surface area (Å²) in [6, 6.07) is 6.67. The zero-order valence-electron chi connectivity index (χ0n) is 18.1. The maximum absolute atomic E-state index is 14.3. The summed E-state index contributed by atoms with van der Waals surface area (Å²) in [5.41, 5.74) is 7.81. The number of rotatable bonds is 5. The Morgan fingerprint density at radius 3 is 2.82 bits per heavy atom. The average Bonchev–Trinajstić information content (AvgIpc) is 3.37. The summed E-state index contributed by atoms with van der Waals surface area (Å²) in [4.78, 5) is 4.24. The van der Waals surface area contributed by atoms with Crippen LogP contribution in [0.4, 0.5) is 10.2 Å². The largest absolute Gasteiger partial charge is 0.485 e. The Hall–Kier alpha value is -3.41. The maximum atomic E-state index is 14.3. The van der Waals surface area contributed by atoms with Crippen LogP contribution in [0.2, 0.25) is 0 Å². The molecule has 0 unspecified atom stereocenters. The minimum Gasteiger partial charge on any atom is -0.485 e. The van der Waals surface area contributed by atoms with Crippen LogP contribution in [0, 0.1) is 17.7 Å². The number of pyridine rings is 1. The van der Waals surface area contributed by atoms with Gasteiger partial charge in [0, 0.05) is 47.9 Å². The SMILES string of the molecule is Nc1ncc(-c2cnn(C3CCOCC3)c2)cc1OCc1cc(C#CC2(O)CC2)ccc1F. The summed E-state index contributed by atoms with van der Waals surface area (Å²) in [7, 11) is 0. The molecule has 1 saturated carbocycles. The van der Waals surface area contributed by atoms with E-state index in [2.05, 4.69) is 21.9 Å². The first-order valence-electron chi connectivity index (χ1n) is 11.0. The van der Waals surface area contributed by atoms with Crippen molar-refractivity contribution >= 4 is 5.82 Å². The fourth-order valence-corrected chi connectivity index (χ4v) is 3.72. The Bertz CT molecular complexity index is 1220. The molecule has 0 spiro atoms. The molecule has 2 aromatic heterocycles. The molecular formula is C25H25FN4O3. The molecule has 0 atom stereocenters. The van der Waals surface area contributed by atoms with E-state index in [1.54, 1.807) is 30.6 Å². The Morgan fingerprint density at radius 1 is 1.21 bits per heavy atom. The van der Waals surface area contributed by atoms with Crippen LogP contribution >= 0.6 is 0 Å². The van der Waals surface area contributed by atoms with E-state index in [1.807, 2.05) is 10.9 Å². The number of nitrogens with zero attached hydrogens (tertiary/aromatic N) is 3. The highest BCUT2D eigenvalue weighted by Gasteiger charge is 2.38. The lowest BCUT2D eigenvalue weighted by atomic mass is 10.1. The second kappa shape index (κ2) is 8.85. The van der Waals surface area contributed by atoms with Gasteiger partial charge in [-0.2, -0.15) is 5.10 Å². The van der Waals surface area contributed by atoms with E-state index in [9.17, 15) is 9.50 Å². The molecule has 3 aromatic rings. The number of halogens is 1. The molecule has 1 saturated heterocycles. The summed E-state index contributed by atoms with van der Waals surface area (Å²) in [6.07, 6.45) is 8.67. The van der Waals surface area contributed by atoms with E-state index in [0.29, 0.717) is 35.8 Å². The molecule has 8 heteroatoms. The maximum Gasteiger partial charge on any atom is 0.166 e. The van der Waals surface area contributed by atoms with Crippen molar-refractivity contribution in [3.8, 4) is 28.7 Å². The van der Waals surface area contributed by atoms with Gasteiger partial charge < -0.3 is 20.3 Å². The van der Waals surface area contributed by atoms with E-state index >= 15 is 0 Å². The molecule has 7 nitrogen and oxygen atoms in total. The van der Waals surface area contributed by atoms with Gasteiger partial charge in [0.1, 0.15) is 18.0 Å². The Morgan fingerprint density at radius 2 is 2.03 bits per heavy atom. The number of anilines is 1. The monoisotopic (exact) mass is 448 g/mol. The third-order valence-corrected chi connectivity index (χ3v) is 5.97. The Balaban J connectivity index is 1.31. The molecule has 170 valence electrons. The van der Waals surface area contributed by atoms with Crippen molar-refractivity contribution in [2.45, 2.75) is 43.9 Å². The lowest BCUT2D eigenvalue weighted by molar-refractivity contribution is 0.0662. The number of hydrogen-bond donors (Lipinski definition) is 2. The number of benzene rings is 1. The first-order chi connectivity index (χ1) is 16.0. The van der Waals surface area contributed by atoms with Gasteiger partial charge in [-0.25, -0.2) is 9.37 Å². The van der Waals surface area contributed by atoms with Crippen LogP contribution in [0.5, 0.6) is 5.75 Å². The van der Waals surface area contributed by atoms with Gasteiger partial charge in [-0.3, -0.25) is 4.68 Å². The number of ether oxygens (including phenoxy) is 2. The number of hydrogen-bond acceptors (Lipinski definition) is 6. The average molecular weight is 448 g/mol. The van der Waals surface area contributed by atoms with Crippen molar-refractivity contribution in [3.05, 3.63) is 59.8 Å². The lowest BCUT2D eigenvalue weighted by Gasteiger charge is -2.22. The fourth-order valence-electron chi connectivity index (χ4n) is 3.72. The molecule has 2 fully saturated rings. The van der Waals surface area contributed by atoms with Gasteiger partial charge >= 0.3 is 0 Å². The predicted octanol–water partition coefficient (Wildman–Crippen LogP) is 3.47. The highest BCUT2D eigenvalue weighted by Crippen LogP contribution is 2.34. The summed E-state index contributed by atoms with van der Waals surface area (Å²) in [5, 5.41) is 14.4. The molecule has 0 bridgehead atoms. The molecule has 2 aliphatic rings. The van der Waals surface area contributed by atoms with E-state index in [-0.39, 0.29) is 12.4 Å². The van der Waals surface area contributed by atoms with E-state index < -0.39 is 11.4 Å². The Labute approximate surface area is 191 Å². The van der Waals surface area contributed by atoms with Crippen molar-refractivity contribution in [1.29, 1.82) is 0 Å². The molecule has 0 radical (unpaired) electrons. The molecular weight excluding hydrogens is 423 g/mol. The number of nitrogens with two attached hydrogens (primary N) is 1. The van der Waals surface area contributed by atoms with Crippen LogP contribution in [-0.2, 0) is 11.3 Å². The van der Waals surface area contributed by atoms with Gasteiger partial charge in [0.15, 0.2) is 11.6 Å². The van der Waals surface area contributed by atoms with Gasteiger partial charge in [0.05, 0.1) is 12.2 Å². The topological polar surface area (TPSA) is 95.4 Å². The van der Waals surface area contributed by atoms with E-state index in [4.69, 9.17) is 15.2 Å². The predicted molar refractivity (Wildman–Crippen MR) is 121 cm³/mol. The second-order valence-electron chi connectivity index (χ2n) is 8.54. The van der Waals surface area contributed by atoms with Gasteiger partial charge in [-0.1, -0.05) is 11.8 Å². The molecule has 3 heterocycles. The van der Waals surface area contributed by atoms with Gasteiger partial charge in [0.2, 0.25) is 0 Å². The number of aromatic nitrogens is 3. The lowest BCUT2D eigenvalue weighted by Crippen LogP contribution is -2.19. The molecule has 3 N–H and O–H groups in total. The number of nitrogen functional groups attached to an aromatic ring is 1. The van der Waals surface area contributed by atoms with Crippen LogP contribution in [-0.4, -0.2) is 38.7 Å². The van der Waals surface area contributed by atoms with Gasteiger partial charge in [-0.05, 0) is 49.9 Å². The second-order valence-corrected chi connectivity index (χ2v) is 8.54. The standard InChI is InChI=1S/C25H25FN4O3/c26-22-2-1-17(3-6-25(31)7-8-25)11-19(22)16-33-23-12-18(13-28-24(23)27)20-14-29-30(15-20)21-4-9-32-10-5-21/h1-2,11-15,21,31H,4-5,7-10,16H2,(H2,27,28). The Kier molecular flexibility index (Phi) is 5.75. The highest BCUT2D eigenvalue weighted by molar-refractivity contribution is 5.65. The van der Waals surface area contributed by atoms with E-state index in [1.165, 1.54) is 6.07 Å². The minimum atomic E-state index is -0.885. The summed E-state index contributed by atoms with van der Waals surface area (Å²) >= 11 is 0. The summed E-state index contributed by atoms with van der Waals surface area (Å²) < 4.78 is 27.6. The third kappa shape index (κ3) is 5.00. The smallest absolute Gasteiger partial charge is 0.166 e. The fraction of sp³-hybridized carbons (Fsp3) is 0.360. The zero-order chi connectivity index (χ0) is 22.8. The highest BCUT2D eigenvalue weighted by atomic mass is 19.1. The van der Waals surface area contributed by atoms with Crippen molar-refractivity contribution in [1.82, 2.24) is 14.8 Å². The summed E-state index contributed by atoms with van der Waals surface area (Å²) in [5.74, 6) is 5.93. The minimum absolute atomic E-state index is 0.0255. The third-order valence-electron chi connectivity index (χ3n) is 5.97. The van der Waals surface area contributed by atoms with Crippen molar-refractivity contribution in [2.24, 2.45) is 0 Å². The van der Waals surface area contributed by atoms with Crippen LogP contribution in [0.3, 0.4) is 0 Å². The van der Waals surface area contributed by atoms with Crippen LogP contribution in [0.1, 0.15) is 42.9 Å². The molecule has 33 heavy (non-hydrogen) atoms.